The predicted molar refractivity (Wildman–Crippen MR) is 111 cm³/mol. The Morgan fingerprint density at radius 3 is 2.64 bits per heavy atom. The van der Waals surface area contributed by atoms with Gasteiger partial charge in [0.2, 0.25) is 0 Å². The van der Waals surface area contributed by atoms with Crippen molar-refractivity contribution >= 4 is 11.6 Å². The van der Waals surface area contributed by atoms with E-state index in [-0.39, 0.29) is 5.91 Å². The van der Waals surface area contributed by atoms with E-state index in [1.54, 1.807) is 6.07 Å². The van der Waals surface area contributed by atoms with Crippen molar-refractivity contribution in [2.75, 3.05) is 65.3 Å². The molecule has 1 saturated heterocycles. The number of hydrogen-bond donors (Lipinski definition) is 3. The lowest BCUT2D eigenvalue weighted by molar-refractivity contribution is 0.0946. The Hall–Kier alpha value is -1.83. The quantitative estimate of drug-likeness (QED) is 0.475. The number of rotatable bonds is 7. The van der Waals surface area contributed by atoms with Crippen LogP contribution >= 0.6 is 0 Å². The van der Waals surface area contributed by atoms with Gasteiger partial charge in [-0.3, -0.25) is 4.79 Å². The summed E-state index contributed by atoms with van der Waals surface area (Å²) in [5, 5.41) is 10.1. The predicted octanol–water partition coefficient (Wildman–Crippen LogP) is 0.960. The van der Waals surface area contributed by atoms with Gasteiger partial charge in [-0.15, -0.1) is 0 Å². The molecule has 1 amide bonds. The minimum atomic E-state index is -0.0130. The van der Waals surface area contributed by atoms with Gasteiger partial charge in [-0.05, 0) is 43.9 Å². The fourth-order valence-electron chi connectivity index (χ4n) is 3.99. The molecule has 4 N–H and O–H groups in total. The Kier molecular flexibility index (Phi) is 7.53. The number of benzene rings is 1. The molecule has 156 valence electrons. The Bertz CT molecular complexity index is 655. The fourth-order valence-corrected chi connectivity index (χ4v) is 3.99. The van der Waals surface area contributed by atoms with Crippen LogP contribution in [0.1, 0.15) is 35.2 Å². The van der Waals surface area contributed by atoms with Gasteiger partial charge < -0.3 is 30.7 Å². The van der Waals surface area contributed by atoms with Crippen LogP contribution in [0, 0.1) is 5.92 Å². The molecular formula is C21H34N4O3. The van der Waals surface area contributed by atoms with Crippen LogP contribution in [0.2, 0.25) is 0 Å². The van der Waals surface area contributed by atoms with Gasteiger partial charge in [-0.1, -0.05) is 0 Å². The van der Waals surface area contributed by atoms with E-state index in [0.29, 0.717) is 30.2 Å². The van der Waals surface area contributed by atoms with Gasteiger partial charge in [0, 0.05) is 63.9 Å². The van der Waals surface area contributed by atoms with Crippen molar-refractivity contribution in [3.8, 4) is 5.75 Å². The molecule has 28 heavy (non-hydrogen) atoms. The van der Waals surface area contributed by atoms with Gasteiger partial charge in [0.05, 0.1) is 12.3 Å². The van der Waals surface area contributed by atoms with Crippen molar-refractivity contribution in [2.45, 2.75) is 25.7 Å². The maximum Gasteiger partial charge on any atom is 0.251 e. The largest absolute Gasteiger partial charge is 0.491 e. The summed E-state index contributed by atoms with van der Waals surface area (Å²) in [6, 6.07) is 3.58. The van der Waals surface area contributed by atoms with Crippen molar-refractivity contribution in [1.29, 1.82) is 0 Å². The number of nitrogens with two attached hydrogens (primary N) is 1. The summed E-state index contributed by atoms with van der Waals surface area (Å²) in [6.07, 6.45) is 4.61. The van der Waals surface area contributed by atoms with E-state index in [2.05, 4.69) is 15.1 Å². The number of nitrogens with zero attached hydrogens (tertiary/aromatic N) is 2. The molecule has 1 aliphatic carbocycles. The van der Waals surface area contributed by atoms with E-state index in [0.717, 1.165) is 51.1 Å². The number of ether oxygens (including phenoxy) is 1. The smallest absolute Gasteiger partial charge is 0.251 e. The number of nitrogens with one attached hydrogen (secondary N) is 1. The Morgan fingerprint density at radius 2 is 1.93 bits per heavy atom. The van der Waals surface area contributed by atoms with E-state index in [1.165, 1.54) is 32.5 Å². The van der Waals surface area contributed by atoms with Crippen LogP contribution in [-0.2, 0) is 6.42 Å². The molecule has 4 rings (SSSR count). The van der Waals surface area contributed by atoms with E-state index in [9.17, 15) is 4.79 Å². The van der Waals surface area contributed by atoms with Crippen LogP contribution in [-0.4, -0.2) is 80.3 Å². The molecule has 0 radical (unpaired) electrons. The zero-order chi connectivity index (χ0) is 19.9. The van der Waals surface area contributed by atoms with Crippen LogP contribution in [0.5, 0.6) is 5.75 Å². The number of nitrogen functional groups attached to an aromatic ring is 1. The zero-order valence-corrected chi connectivity index (χ0v) is 17.0. The highest BCUT2D eigenvalue weighted by molar-refractivity contribution is 5.97. The monoisotopic (exact) mass is 390 g/mol. The first-order valence-corrected chi connectivity index (χ1v) is 10.4. The van der Waals surface area contributed by atoms with Gasteiger partial charge in [-0.25, -0.2) is 0 Å². The standard InChI is InChI=1S/C20H30N4O2.CH4O/c21-18-5-4-17(16-6-13-26-19(16)18)20(25)22-7-1-8-23-9-11-24(12-10-23)14-15-2-3-15;1-2/h4-5,15H,1-3,6-14,21H2,(H,22,25);2H,1H3. The minimum Gasteiger partial charge on any atom is -0.491 e. The topological polar surface area (TPSA) is 91.1 Å². The maximum absolute atomic E-state index is 12.5. The molecule has 0 unspecified atom stereocenters. The van der Waals surface area contributed by atoms with Crippen LogP contribution in [0.25, 0.3) is 0 Å². The highest BCUT2D eigenvalue weighted by atomic mass is 16.5. The lowest BCUT2D eigenvalue weighted by Crippen LogP contribution is -2.47. The van der Waals surface area contributed by atoms with Gasteiger partial charge in [-0.2, -0.15) is 0 Å². The second-order valence-electron chi connectivity index (χ2n) is 7.80. The third kappa shape index (κ3) is 5.37. The van der Waals surface area contributed by atoms with Crippen molar-refractivity contribution in [3.05, 3.63) is 23.3 Å². The van der Waals surface area contributed by atoms with E-state index in [1.807, 2.05) is 6.07 Å². The fraction of sp³-hybridized carbons (Fsp3) is 0.667. The first-order valence-electron chi connectivity index (χ1n) is 10.4. The van der Waals surface area contributed by atoms with Gasteiger partial charge in [0.15, 0.2) is 0 Å². The summed E-state index contributed by atoms with van der Waals surface area (Å²) in [6.45, 7) is 8.38. The molecule has 1 saturated carbocycles. The van der Waals surface area contributed by atoms with Crippen molar-refractivity contribution in [1.82, 2.24) is 15.1 Å². The SMILES string of the molecule is CO.Nc1ccc(C(=O)NCCCN2CCN(CC3CC3)CC2)c2c1OCC2. The number of carbonyl (C=O) groups excluding carboxylic acids is 1. The number of aliphatic hydroxyl groups excluding tert-OH is 1. The van der Waals surface area contributed by atoms with Crippen molar-refractivity contribution in [2.24, 2.45) is 5.92 Å². The van der Waals surface area contributed by atoms with E-state index in [4.69, 9.17) is 15.6 Å². The number of carbonyl (C=O) groups is 1. The van der Waals surface area contributed by atoms with Crippen LogP contribution in [0.3, 0.4) is 0 Å². The highest BCUT2D eigenvalue weighted by Crippen LogP contribution is 2.34. The maximum atomic E-state index is 12.5. The molecule has 3 aliphatic rings. The number of aliphatic hydroxyl groups is 1. The average molecular weight is 391 g/mol. The minimum absolute atomic E-state index is 0.0130. The summed E-state index contributed by atoms with van der Waals surface area (Å²) < 4.78 is 5.55. The normalized spacial score (nSPS) is 19.4. The van der Waals surface area contributed by atoms with Gasteiger partial charge in [0.25, 0.3) is 5.91 Å². The molecule has 7 heteroatoms. The molecule has 2 fully saturated rings. The lowest BCUT2D eigenvalue weighted by atomic mass is 10.0. The molecule has 0 bridgehead atoms. The average Bonchev–Trinajstić information content (AvgIpc) is 3.39. The van der Waals surface area contributed by atoms with Crippen LogP contribution in [0.15, 0.2) is 12.1 Å². The second-order valence-corrected chi connectivity index (χ2v) is 7.80. The molecular weight excluding hydrogens is 356 g/mol. The number of piperazine rings is 1. The molecule has 0 atom stereocenters. The summed E-state index contributed by atoms with van der Waals surface area (Å²) in [4.78, 5) is 17.6. The first-order chi connectivity index (χ1) is 13.7. The van der Waals surface area contributed by atoms with Crippen molar-refractivity contribution < 1.29 is 14.6 Å². The molecule has 1 aromatic carbocycles. The van der Waals surface area contributed by atoms with E-state index < -0.39 is 0 Å². The Morgan fingerprint density at radius 1 is 1.21 bits per heavy atom. The number of fused-ring (bicyclic) bond motifs is 1. The molecule has 1 aromatic rings. The molecule has 2 aliphatic heterocycles. The number of anilines is 1. The first kappa shape index (κ1) is 20.9. The molecule has 0 spiro atoms. The van der Waals surface area contributed by atoms with Crippen LogP contribution in [0.4, 0.5) is 5.69 Å². The summed E-state index contributed by atoms with van der Waals surface area (Å²) in [5.41, 5.74) is 8.20. The summed E-state index contributed by atoms with van der Waals surface area (Å²) >= 11 is 0. The lowest BCUT2D eigenvalue weighted by Gasteiger charge is -2.34. The molecule has 7 nitrogen and oxygen atoms in total. The number of hydrogen-bond acceptors (Lipinski definition) is 6. The Labute approximate surface area is 167 Å². The second kappa shape index (κ2) is 10.1. The number of amides is 1. The van der Waals surface area contributed by atoms with Crippen LogP contribution < -0.4 is 15.8 Å². The summed E-state index contributed by atoms with van der Waals surface area (Å²) in [7, 11) is 1.00. The Balaban J connectivity index is 0.00000109. The summed E-state index contributed by atoms with van der Waals surface area (Å²) in [5.74, 6) is 1.67. The molecule has 2 heterocycles. The van der Waals surface area contributed by atoms with Crippen molar-refractivity contribution in [3.63, 3.8) is 0 Å². The zero-order valence-electron chi connectivity index (χ0n) is 17.0. The molecule has 0 aromatic heterocycles. The highest BCUT2D eigenvalue weighted by Gasteiger charge is 2.26. The van der Waals surface area contributed by atoms with Gasteiger partial charge >= 0.3 is 0 Å². The van der Waals surface area contributed by atoms with Gasteiger partial charge in [0.1, 0.15) is 5.75 Å². The van der Waals surface area contributed by atoms with E-state index >= 15 is 0 Å². The third-order valence-corrected chi connectivity index (χ3v) is 5.75. The third-order valence-electron chi connectivity index (χ3n) is 5.75.